The highest BCUT2D eigenvalue weighted by molar-refractivity contribution is 5.64. The van der Waals surface area contributed by atoms with E-state index < -0.39 is 0 Å². The molecule has 0 aliphatic heterocycles. The molecule has 1 heterocycles. The number of nitrogens with zero attached hydrogens (tertiary/aromatic N) is 1. The topological polar surface area (TPSA) is 34.1 Å². The van der Waals surface area contributed by atoms with Gasteiger partial charge in [-0.15, -0.1) is 0 Å². The van der Waals surface area contributed by atoms with Gasteiger partial charge in [0.1, 0.15) is 11.6 Å². The third kappa shape index (κ3) is 2.97. The van der Waals surface area contributed by atoms with E-state index in [1.54, 1.807) is 6.20 Å². The summed E-state index contributed by atoms with van der Waals surface area (Å²) in [6, 6.07) is 11.8. The van der Waals surface area contributed by atoms with Crippen LogP contribution in [0, 0.1) is 6.92 Å². The Morgan fingerprint density at radius 1 is 1.24 bits per heavy atom. The van der Waals surface area contributed by atoms with Gasteiger partial charge in [0.2, 0.25) is 0 Å². The van der Waals surface area contributed by atoms with Crippen LogP contribution in [0.3, 0.4) is 0 Å². The van der Waals surface area contributed by atoms with Crippen LogP contribution in [0.25, 0.3) is 0 Å². The van der Waals surface area contributed by atoms with E-state index in [4.69, 9.17) is 4.74 Å². The normalized spacial score (nSPS) is 10.0. The second-order valence-electron chi connectivity index (χ2n) is 3.77. The molecule has 0 saturated carbocycles. The van der Waals surface area contributed by atoms with Gasteiger partial charge in [0.05, 0.1) is 12.3 Å². The number of para-hydroxylation sites is 2. The summed E-state index contributed by atoms with van der Waals surface area (Å²) in [4.78, 5) is 4.27. The van der Waals surface area contributed by atoms with Crippen molar-refractivity contribution in [3.63, 3.8) is 0 Å². The van der Waals surface area contributed by atoms with Crippen molar-refractivity contribution in [2.45, 2.75) is 13.8 Å². The van der Waals surface area contributed by atoms with Gasteiger partial charge in [-0.05, 0) is 43.7 Å². The van der Waals surface area contributed by atoms with Crippen molar-refractivity contribution in [1.82, 2.24) is 4.98 Å². The van der Waals surface area contributed by atoms with Crippen LogP contribution in [0.1, 0.15) is 12.5 Å². The zero-order valence-electron chi connectivity index (χ0n) is 10.1. The van der Waals surface area contributed by atoms with Gasteiger partial charge >= 0.3 is 0 Å². The number of nitrogens with one attached hydrogen (secondary N) is 1. The number of benzene rings is 1. The van der Waals surface area contributed by atoms with E-state index in [1.807, 2.05) is 50.2 Å². The van der Waals surface area contributed by atoms with Crippen molar-refractivity contribution in [3.05, 3.63) is 48.2 Å². The molecule has 0 aliphatic carbocycles. The van der Waals surface area contributed by atoms with Crippen LogP contribution >= 0.6 is 0 Å². The molecular formula is C14H16N2O. The first-order chi connectivity index (χ1) is 8.29. The highest BCUT2D eigenvalue weighted by Gasteiger charge is 2.03. The number of anilines is 2. The summed E-state index contributed by atoms with van der Waals surface area (Å²) in [6.45, 7) is 4.67. The lowest BCUT2D eigenvalue weighted by Crippen LogP contribution is -1.98. The highest BCUT2D eigenvalue weighted by Crippen LogP contribution is 2.26. The second-order valence-corrected chi connectivity index (χ2v) is 3.77. The van der Waals surface area contributed by atoms with Crippen LogP contribution in [-0.2, 0) is 0 Å². The Morgan fingerprint density at radius 2 is 2.06 bits per heavy atom. The first-order valence-electron chi connectivity index (χ1n) is 5.71. The molecule has 3 heteroatoms. The molecule has 0 aliphatic rings. The van der Waals surface area contributed by atoms with Gasteiger partial charge < -0.3 is 10.1 Å². The van der Waals surface area contributed by atoms with E-state index in [0.717, 1.165) is 17.3 Å². The maximum absolute atomic E-state index is 5.55. The second kappa shape index (κ2) is 5.34. The van der Waals surface area contributed by atoms with Gasteiger partial charge in [-0.3, -0.25) is 0 Å². The Morgan fingerprint density at radius 3 is 2.82 bits per heavy atom. The SMILES string of the molecule is CCOc1ccccc1Nc1cc(C)ccn1. The molecule has 17 heavy (non-hydrogen) atoms. The molecule has 0 radical (unpaired) electrons. The first-order valence-corrected chi connectivity index (χ1v) is 5.71. The average Bonchev–Trinajstić information content (AvgIpc) is 2.32. The molecule has 0 unspecified atom stereocenters. The molecule has 1 aromatic carbocycles. The Kier molecular flexibility index (Phi) is 3.60. The third-order valence-corrected chi connectivity index (χ3v) is 2.37. The summed E-state index contributed by atoms with van der Waals surface area (Å²) in [7, 11) is 0. The molecule has 2 rings (SSSR count). The standard InChI is InChI=1S/C14H16N2O/c1-3-17-13-7-5-4-6-12(13)16-14-10-11(2)8-9-15-14/h4-10H,3H2,1-2H3,(H,15,16). The summed E-state index contributed by atoms with van der Waals surface area (Å²) in [5.74, 6) is 1.68. The van der Waals surface area contributed by atoms with Crippen molar-refractivity contribution in [3.8, 4) is 5.75 Å². The largest absolute Gasteiger partial charge is 0.492 e. The van der Waals surface area contributed by atoms with Crippen LogP contribution in [0.4, 0.5) is 11.5 Å². The average molecular weight is 228 g/mol. The molecule has 1 N–H and O–H groups in total. The molecule has 0 saturated heterocycles. The first kappa shape index (κ1) is 11.5. The Balaban J connectivity index is 2.23. The molecule has 3 nitrogen and oxygen atoms in total. The lowest BCUT2D eigenvalue weighted by atomic mass is 10.2. The maximum atomic E-state index is 5.55. The minimum Gasteiger partial charge on any atom is -0.492 e. The predicted molar refractivity (Wildman–Crippen MR) is 69.9 cm³/mol. The molecule has 2 aromatic rings. The number of hydrogen-bond acceptors (Lipinski definition) is 3. The number of rotatable bonds is 4. The van der Waals surface area contributed by atoms with E-state index in [0.29, 0.717) is 6.61 Å². The molecule has 0 atom stereocenters. The number of hydrogen-bond donors (Lipinski definition) is 1. The van der Waals surface area contributed by atoms with Gasteiger partial charge in [-0.25, -0.2) is 4.98 Å². The lowest BCUT2D eigenvalue weighted by molar-refractivity contribution is 0.342. The zero-order chi connectivity index (χ0) is 12.1. The van der Waals surface area contributed by atoms with E-state index in [9.17, 15) is 0 Å². The van der Waals surface area contributed by atoms with Crippen molar-refractivity contribution < 1.29 is 4.74 Å². The monoisotopic (exact) mass is 228 g/mol. The van der Waals surface area contributed by atoms with Gasteiger partial charge in [-0.2, -0.15) is 0 Å². The summed E-state index contributed by atoms with van der Waals surface area (Å²) in [5.41, 5.74) is 2.11. The smallest absolute Gasteiger partial charge is 0.142 e. The molecule has 0 spiro atoms. The summed E-state index contributed by atoms with van der Waals surface area (Å²) in [5, 5.41) is 3.26. The quantitative estimate of drug-likeness (QED) is 0.869. The van der Waals surface area contributed by atoms with E-state index in [2.05, 4.69) is 10.3 Å². The Labute approximate surface area is 101 Å². The zero-order valence-corrected chi connectivity index (χ0v) is 10.1. The molecule has 0 fully saturated rings. The maximum Gasteiger partial charge on any atom is 0.142 e. The number of ether oxygens (including phenoxy) is 1. The van der Waals surface area contributed by atoms with Crippen LogP contribution in [-0.4, -0.2) is 11.6 Å². The molecule has 0 amide bonds. The van der Waals surface area contributed by atoms with Gasteiger partial charge in [0.15, 0.2) is 0 Å². The third-order valence-electron chi connectivity index (χ3n) is 2.37. The predicted octanol–water partition coefficient (Wildman–Crippen LogP) is 3.53. The highest BCUT2D eigenvalue weighted by atomic mass is 16.5. The minimum atomic E-state index is 0.653. The summed E-state index contributed by atoms with van der Waals surface area (Å²) in [6.07, 6.45) is 1.79. The van der Waals surface area contributed by atoms with Crippen molar-refractivity contribution in [2.24, 2.45) is 0 Å². The minimum absolute atomic E-state index is 0.653. The lowest BCUT2D eigenvalue weighted by Gasteiger charge is -2.11. The Bertz CT molecular complexity index is 497. The van der Waals surface area contributed by atoms with Crippen molar-refractivity contribution >= 4 is 11.5 Å². The molecule has 0 bridgehead atoms. The fourth-order valence-corrected chi connectivity index (χ4v) is 1.59. The summed E-state index contributed by atoms with van der Waals surface area (Å²) >= 11 is 0. The fraction of sp³-hybridized carbons (Fsp3) is 0.214. The van der Waals surface area contributed by atoms with E-state index in [1.165, 1.54) is 5.56 Å². The molecule has 88 valence electrons. The van der Waals surface area contributed by atoms with Crippen molar-refractivity contribution in [2.75, 3.05) is 11.9 Å². The van der Waals surface area contributed by atoms with Crippen molar-refractivity contribution in [1.29, 1.82) is 0 Å². The number of aryl methyl sites for hydroxylation is 1. The van der Waals surface area contributed by atoms with Gasteiger partial charge in [0.25, 0.3) is 0 Å². The molecule has 1 aromatic heterocycles. The van der Waals surface area contributed by atoms with Gasteiger partial charge in [0, 0.05) is 6.20 Å². The number of pyridine rings is 1. The van der Waals surface area contributed by atoms with Crippen LogP contribution in [0.2, 0.25) is 0 Å². The van der Waals surface area contributed by atoms with E-state index in [-0.39, 0.29) is 0 Å². The van der Waals surface area contributed by atoms with Crippen LogP contribution in [0.15, 0.2) is 42.6 Å². The fourth-order valence-electron chi connectivity index (χ4n) is 1.59. The van der Waals surface area contributed by atoms with Crippen LogP contribution < -0.4 is 10.1 Å². The Hall–Kier alpha value is -2.03. The van der Waals surface area contributed by atoms with Crippen LogP contribution in [0.5, 0.6) is 5.75 Å². The summed E-state index contributed by atoms with van der Waals surface area (Å²) < 4.78 is 5.55. The number of aromatic nitrogens is 1. The molecular weight excluding hydrogens is 212 g/mol. The van der Waals surface area contributed by atoms with E-state index >= 15 is 0 Å². The van der Waals surface area contributed by atoms with Gasteiger partial charge in [-0.1, -0.05) is 12.1 Å².